The number of aromatic hydroxyl groups is 1. The second-order valence-electron chi connectivity index (χ2n) is 9.41. The highest BCUT2D eigenvalue weighted by molar-refractivity contribution is 6.46. The van der Waals surface area contributed by atoms with Crippen molar-refractivity contribution in [3.8, 4) is 17.2 Å². The summed E-state index contributed by atoms with van der Waals surface area (Å²) in [6.45, 7) is 7.33. The third kappa shape index (κ3) is 5.59. The number of aliphatic hydroxyl groups excluding tert-OH is 1. The van der Waals surface area contributed by atoms with Crippen LogP contribution in [-0.4, -0.2) is 72.6 Å². The number of aryl methyl sites for hydroxylation is 1. The Labute approximate surface area is 206 Å². The molecule has 0 saturated carbocycles. The fourth-order valence-electron chi connectivity index (χ4n) is 4.01. The largest absolute Gasteiger partial charge is 0.507 e. The van der Waals surface area contributed by atoms with Crippen LogP contribution in [0.1, 0.15) is 36.6 Å². The first-order chi connectivity index (χ1) is 16.5. The zero-order valence-electron chi connectivity index (χ0n) is 21.2. The molecule has 1 amide bonds. The molecule has 1 heterocycles. The quantitative estimate of drug-likeness (QED) is 0.319. The highest BCUT2D eigenvalue weighted by atomic mass is 16.5. The molecule has 1 fully saturated rings. The van der Waals surface area contributed by atoms with Crippen molar-refractivity contribution in [2.24, 2.45) is 5.92 Å². The second kappa shape index (κ2) is 10.8. The van der Waals surface area contributed by atoms with Crippen molar-refractivity contribution in [1.82, 2.24) is 9.80 Å². The predicted molar refractivity (Wildman–Crippen MR) is 134 cm³/mol. The number of ketones is 1. The molecule has 1 unspecified atom stereocenters. The molecular formula is C27H34N2O6. The number of ether oxygens (including phenoxy) is 2. The molecule has 188 valence electrons. The molecule has 3 rings (SSSR count). The monoisotopic (exact) mass is 482 g/mol. The highest BCUT2D eigenvalue weighted by Gasteiger charge is 2.46. The van der Waals surface area contributed by atoms with E-state index in [2.05, 4.69) is 13.8 Å². The lowest BCUT2D eigenvalue weighted by Crippen LogP contribution is -2.35. The van der Waals surface area contributed by atoms with Gasteiger partial charge in [0.15, 0.2) is 11.5 Å². The van der Waals surface area contributed by atoms with Gasteiger partial charge in [-0.25, -0.2) is 0 Å². The number of amides is 1. The van der Waals surface area contributed by atoms with Gasteiger partial charge in [-0.1, -0.05) is 19.9 Å². The Bertz CT molecular complexity index is 1140. The average Bonchev–Trinajstić information content (AvgIpc) is 3.06. The summed E-state index contributed by atoms with van der Waals surface area (Å²) >= 11 is 0. The van der Waals surface area contributed by atoms with Gasteiger partial charge in [0, 0.05) is 18.7 Å². The standard InChI is InChI=1S/C27H34N2O6/c1-16(2)15-35-21-9-8-19(13-17(21)3)25(31)23-24(18-7-10-22(34-6)20(30)14-18)29(12-11-28(4)5)27(33)26(23)32/h7-10,13-14,16,24,30-31H,11-12,15H2,1-6H3/b25-23-. The third-order valence-electron chi connectivity index (χ3n) is 5.87. The number of likely N-dealkylation sites (tertiary alicyclic amines) is 1. The minimum absolute atomic E-state index is 0.0198. The number of aliphatic hydroxyl groups is 1. The Morgan fingerprint density at radius 3 is 2.37 bits per heavy atom. The zero-order valence-corrected chi connectivity index (χ0v) is 21.2. The molecule has 0 spiro atoms. The molecule has 0 bridgehead atoms. The van der Waals surface area contributed by atoms with Crippen molar-refractivity contribution >= 4 is 17.4 Å². The second-order valence-corrected chi connectivity index (χ2v) is 9.41. The number of hydrogen-bond donors (Lipinski definition) is 2. The number of carbonyl (C=O) groups excluding carboxylic acids is 2. The van der Waals surface area contributed by atoms with E-state index < -0.39 is 17.7 Å². The molecule has 35 heavy (non-hydrogen) atoms. The first-order valence-electron chi connectivity index (χ1n) is 11.6. The van der Waals surface area contributed by atoms with Crippen LogP contribution in [0.5, 0.6) is 17.2 Å². The molecule has 2 aromatic rings. The van der Waals surface area contributed by atoms with E-state index in [1.54, 1.807) is 30.3 Å². The van der Waals surface area contributed by atoms with Crippen molar-refractivity contribution in [1.29, 1.82) is 0 Å². The van der Waals surface area contributed by atoms with E-state index in [-0.39, 0.29) is 29.4 Å². The lowest BCUT2D eigenvalue weighted by molar-refractivity contribution is -0.140. The maximum absolute atomic E-state index is 13.2. The summed E-state index contributed by atoms with van der Waals surface area (Å²) in [6.07, 6.45) is 0. The van der Waals surface area contributed by atoms with E-state index in [0.29, 0.717) is 35.9 Å². The molecule has 1 aliphatic heterocycles. The van der Waals surface area contributed by atoms with E-state index in [4.69, 9.17) is 9.47 Å². The van der Waals surface area contributed by atoms with Crippen LogP contribution in [0.3, 0.4) is 0 Å². The molecule has 1 atom stereocenters. The predicted octanol–water partition coefficient (Wildman–Crippen LogP) is 3.73. The minimum Gasteiger partial charge on any atom is -0.507 e. The summed E-state index contributed by atoms with van der Waals surface area (Å²) < 4.78 is 11.0. The highest BCUT2D eigenvalue weighted by Crippen LogP contribution is 2.42. The van der Waals surface area contributed by atoms with Crippen LogP contribution >= 0.6 is 0 Å². The van der Waals surface area contributed by atoms with Gasteiger partial charge in [0.2, 0.25) is 0 Å². The molecular weight excluding hydrogens is 448 g/mol. The fraction of sp³-hybridized carbons (Fsp3) is 0.407. The van der Waals surface area contributed by atoms with Gasteiger partial charge in [-0.3, -0.25) is 9.59 Å². The van der Waals surface area contributed by atoms with Crippen LogP contribution in [0, 0.1) is 12.8 Å². The van der Waals surface area contributed by atoms with Crippen LogP contribution in [0.4, 0.5) is 0 Å². The molecule has 8 nitrogen and oxygen atoms in total. The van der Waals surface area contributed by atoms with E-state index >= 15 is 0 Å². The normalized spacial score (nSPS) is 17.5. The first kappa shape index (κ1) is 26.1. The number of Topliss-reactive ketones (excluding diaryl/α,β-unsaturated/α-hetero) is 1. The molecule has 0 aromatic heterocycles. The van der Waals surface area contributed by atoms with E-state index in [1.807, 2.05) is 25.9 Å². The summed E-state index contributed by atoms with van der Waals surface area (Å²) in [4.78, 5) is 29.5. The number of methoxy groups -OCH3 is 1. The first-order valence-corrected chi connectivity index (χ1v) is 11.6. The lowest BCUT2D eigenvalue weighted by Gasteiger charge is -2.27. The molecule has 0 aliphatic carbocycles. The molecule has 1 saturated heterocycles. The van der Waals surface area contributed by atoms with Gasteiger partial charge >= 0.3 is 0 Å². The van der Waals surface area contributed by atoms with Crippen LogP contribution in [-0.2, 0) is 9.59 Å². The van der Waals surface area contributed by atoms with E-state index in [1.165, 1.54) is 18.1 Å². The summed E-state index contributed by atoms with van der Waals surface area (Å²) in [7, 11) is 5.18. The van der Waals surface area contributed by atoms with Crippen molar-refractivity contribution in [3.63, 3.8) is 0 Å². The molecule has 8 heteroatoms. The number of likely N-dealkylation sites (N-methyl/N-ethyl adjacent to an activating group) is 1. The number of benzene rings is 2. The van der Waals surface area contributed by atoms with E-state index in [9.17, 15) is 19.8 Å². The summed E-state index contributed by atoms with van der Waals surface area (Å²) in [5.74, 6) is -0.520. The number of carbonyl (C=O) groups is 2. The minimum atomic E-state index is -0.857. The molecule has 2 N–H and O–H groups in total. The third-order valence-corrected chi connectivity index (χ3v) is 5.87. The Morgan fingerprint density at radius 1 is 1.11 bits per heavy atom. The Hall–Kier alpha value is -3.52. The molecule has 1 aliphatic rings. The number of rotatable bonds is 9. The van der Waals surface area contributed by atoms with Gasteiger partial charge in [-0.05, 0) is 68.4 Å². The molecule has 2 aromatic carbocycles. The summed E-state index contributed by atoms with van der Waals surface area (Å²) in [5, 5.41) is 21.7. The van der Waals surface area contributed by atoms with Crippen molar-refractivity contribution in [2.75, 3.05) is 40.9 Å². The average molecular weight is 483 g/mol. The van der Waals surface area contributed by atoms with E-state index in [0.717, 1.165) is 5.56 Å². The van der Waals surface area contributed by atoms with Gasteiger partial charge in [-0.2, -0.15) is 0 Å². The molecule has 0 radical (unpaired) electrons. The summed E-state index contributed by atoms with van der Waals surface area (Å²) in [5.41, 5.74) is 1.69. The van der Waals surface area contributed by atoms with Crippen molar-refractivity contribution in [2.45, 2.75) is 26.8 Å². The Morgan fingerprint density at radius 2 is 1.80 bits per heavy atom. The Kier molecular flexibility index (Phi) is 8.07. The topological polar surface area (TPSA) is 99.5 Å². The fourth-order valence-corrected chi connectivity index (χ4v) is 4.01. The van der Waals surface area contributed by atoms with Crippen LogP contribution in [0.15, 0.2) is 42.0 Å². The van der Waals surface area contributed by atoms with Gasteiger partial charge < -0.3 is 29.5 Å². The van der Waals surface area contributed by atoms with Gasteiger partial charge in [-0.15, -0.1) is 0 Å². The zero-order chi connectivity index (χ0) is 25.9. The number of phenolic OH excluding ortho intramolecular Hbond substituents is 1. The summed E-state index contributed by atoms with van der Waals surface area (Å²) in [6, 6.07) is 9.02. The van der Waals surface area contributed by atoms with Crippen molar-refractivity contribution < 1.29 is 29.3 Å². The number of hydrogen-bond acceptors (Lipinski definition) is 7. The van der Waals surface area contributed by atoms with Crippen LogP contribution in [0.25, 0.3) is 5.76 Å². The van der Waals surface area contributed by atoms with Crippen molar-refractivity contribution in [3.05, 3.63) is 58.7 Å². The number of nitrogens with zero attached hydrogens (tertiary/aromatic N) is 2. The van der Waals surface area contributed by atoms with Crippen LogP contribution < -0.4 is 9.47 Å². The smallest absolute Gasteiger partial charge is 0.295 e. The van der Waals surface area contributed by atoms with Gasteiger partial charge in [0.05, 0.1) is 25.3 Å². The Balaban J connectivity index is 2.10. The van der Waals surface area contributed by atoms with Gasteiger partial charge in [0.1, 0.15) is 11.5 Å². The maximum Gasteiger partial charge on any atom is 0.295 e. The SMILES string of the molecule is COc1ccc(C2/C(=C(/O)c3ccc(OCC(C)C)c(C)c3)C(=O)C(=O)N2CCN(C)C)cc1O. The lowest BCUT2D eigenvalue weighted by atomic mass is 9.94. The van der Waals surface area contributed by atoms with Crippen LogP contribution in [0.2, 0.25) is 0 Å². The van der Waals surface area contributed by atoms with Gasteiger partial charge in [0.25, 0.3) is 11.7 Å². The maximum atomic E-state index is 13.2. The number of phenols is 1.